The van der Waals surface area contributed by atoms with Gasteiger partial charge in [-0.05, 0) is 0 Å². The minimum absolute atomic E-state index is 0.226. The van der Waals surface area contributed by atoms with Gasteiger partial charge in [-0.3, -0.25) is 0 Å². The number of halogens is 1. The van der Waals surface area contributed by atoms with Gasteiger partial charge in [-0.1, -0.05) is 0 Å². The van der Waals surface area contributed by atoms with Gasteiger partial charge in [-0.25, -0.2) is 0 Å². The van der Waals surface area contributed by atoms with Crippen LogP contribution in [0.5, 0.6) is 0 Å². The van der Waals surface area contributed by atoms with E-state index in [-0.39, 0.29) is 14.5 Å². The molecule has 1 aromatic carbocycles. The predicted molar refractivity (Wildman–Crippen MR) is 59.4 cm³/mol. The van der Waals surface area contributed by atoms with Gasteiger partial charge in [0.2, 0.25) is 0 Å². The van der Waals surface area contributed by atoms with Crippen LogP contribution in [0.1, 0.15) is 0 Å². The Morgan fingerprint density at radius 3 is 2.57 bits per heavy atom. The minimum atomic E-state index is 0.226. The number of nitrogens with zero attached hydrogens (tertiary/aromatic N) is 1. The number of nitrogens with two attached hydrogens (primary N) is 1. The first-order valence-electron chi connectivity index (χ1n) is 3.97. The van der Waals surface area contributed by atoms with Crippen molar-refractivity contribution in [1.29, 1.82) is 0 Å². The first-order valence-corrected chi connectivity index (χ1v) is 6.20. The van der Waals surface area contributed by atoms with Crippen LogP contribution in [0.25, 0.3) is 11.3 Å². The number of anilines is 1. The molecule has 0 aliphatic heterocycles. The fourth-order valence-electron chi connectivity index (χ4n) is 1.09. The maximum absolute atomic E-state index is 5.79. The summed E-state index contributed by atoms with van der Waals surface area (Å²) in [7, 11) is 0. The quantitative estimate of drug-likeness (QED) is 0.497. The van der Waals surface area contributed by atoms with Crippen molar-refractivity contribution in [3.63, 3.8) is 0 Å². The van der Waals surface area contributed by atoms with Crippen molar-refractivity contribution >= 4 is 30.8 Å². The van der Waals surface area contributed by atoms with E-state index < -0.39 is 0 Å². The van der Waals surface area contributed by atoms with E-state index in [1.165, 1.54) is 0 Å². The molecule has 2 aromatic rings. The van der Waals surface area contributed by atoms with Crippen molar-refractivity contribution in [1.82, 2.24) is 4.98 Å². The topological polar surface area (TPSA) is 50.9 Å². The van der Waals surface area contributed by atoms with Gasteiger partial charge in [0.05, 0.1) is 0 Å². The molecule has 3 nitrogen and oxygen atoms in total. The first-order chi connectivity index (χ1) is 6.79. The molecule has 0 amide bonds. The normalized spacial score (nSPS) is 10.1. The average molecular weight is 273 g/mol. The Labute approximate surface area is 92.6 Å². The van der Waals surface area contributed by atoms with E-state index >= 15 is 0 Å². The monoisotopic (exact) mass is 273 g/mol. The van der Waals surface area contributed by atoms with Crippen LogP contribution in [0, 0.1) is 0 Å². The number of hydrazine groups is 1. The van der Waals surface area contributed by atoms with Crippen molar-refractivity contribution in [3.8, 4) is 11.3 Å². The fraction of sp³-hybridized carbons (Fsp3) is 0. The standard InChI is InChI=1S/C9H8ClN3Se/c10-7-3-1-6(2-4-7)8-5-14-9(12-8)13-11/h1-5H,11H2,(H,12,13). The Hall–Kier alpha value is -0.801. The summed E-state index contributed by atoms with van der Waals surface area (Å²) in [6.07, 6.45) is 0. The van der Waals surface area contributed by atoms with Crippen LogP contribution in [-0.4, -0.2) is 19.5 Å². The van der Waals surface area contributed by atoms with Gasteiger partial charge >= 0.3 is 92.5 Å². The van der Waals surface area contributed by atoms with Crippen molar-refractivity contribution in [2.45, 2.75) is 0 Å². The summed E-state index contributed by atoms with van der Waals surface area (Å²) in [5.41, 5.74) is 4.61. The fourth-order valence-corrected chi connectivity index (χ4v) is 2.54. The molecule has 0 spiro atoms. The Balaban J connectivity index is 2.34. The van der Waals surface area contributed by atoms with E-state index in [0.717, 1.165) is 21.0 Å². The van der Waals surface area contributed by atoms with Crippen molar-refractivity contribution in [2.75, 3.05) is 5.43 Å². The number of benzene rings is 1. The van der Waals surface area contributed by atoms with Crippen LogP contribution in [0.3, 0.4) is 0 Å². The molecule has 0 atom stereocenters. The van der Waals surface area contributed by atoms with Crippen LogP contribution in [-0.2, 0) is 0 Å². The summed E-state index contributed by atoms with van der Waals surface area (Å²) >= 11 is 6.02. The molecule has 0 unspecified atom stereocenters. The zero-order chi connectivity index (χ0) is 9.97. The van der Waals surface area contributed by atoms with Crippen molar-refractivity contribution in [3.05, 3.63) is 34.2 Å². The molecule has 0 radical (unpaired) electrons. The Morgan fingerprint density at radius 1 is 1.29 bits per heavy atom. The summed E-state index contributed by atoms with van der Waals surface area (Å²) in [5.74, 6) is 5.28. The number of nitrogens with one attached hydrogen (secondary N) is 1. The molecule has 0 aliphatic rings. The Morgan fingerprint density at radius 2 is 2.00 bits per heavy atom. The Bertz CT molecular complexity index is 424. The van der Waals surface area contributed by atoms with E-state index in [0.29, 0.717) is 0 Å². The molecule has 72 valence electrons. The molecular formula is C9H8ClN3Se. The summed E-state index contributed by atoms with van der Waals surface area (Å²) in [4.78, 5) is 6.42. The molecule has 0 aliphatic carbocycles. The SMILES string of the molecule is NNc1nc(-c2ccc(Cl)cc2)c[se]1. The molecule has 0 bridgehead atoms. The van der Waals surface area contributed by atoms with Crippen LogP contribution in [0.15, 0.2) is 29.2 Å². The predicted octanol–water partition coefficient (Wildman–Crippen LogP) is 1.74. The zero-order valence-corrected chi connectivity index (χ0v) is 9.67. The van der Waals surface area contributed by atoms with E-state index in [4.69, 9.17) is 17.4 Å². The summed E-state index contributed by atoms with van der Waals surface area (Å²) in [5, 5.41) is 0.735. The van der Waals surface area contributed by atoms with Gasteiger partial charge in [0, 0.05) is 0 Å². The molecule has 2 rings (SSSR count). The molecule has 0 saturated heterocycles. The molecule has 3 N–H and O–H groups in total. The second-order valence-electron chi connectivity index (χ2n) is 2.69. The molecular weight excluding hydrogens is 265 g/mol. The molecule has 1 heterocycles. The maximum atomic E-state index is 5.79. The summed E-state index contributed by atoms with van der Waals surface area (Å²) in [6, 6.07) is 7.61. The van der Waals surface area contributed by atoms with Gasteiger partial charge in [-0.2, -0.15) is 0 Å². The summed E-state index contributed by atoms with van der Waals surface area (Å²) in [6.45, 7) is 0. The van der Waals surface area contributed by atoms with E-state index in [9.17, 15) is 0 Å². The van der Waals surface area contributed by atoms with Crippen molar-refractivity contribution in [2.24, 2.45) is 5.84 Å². The van der Waals surface area contributed by atoms with Gasteiger partial charge in [-0.15, -0.1) is 0 Å². The number of hydrogen-bond acceptors (Lipinski definition) is 3. The molecule has 14 heavy (non-hydrogen) atoms. The Kier molecular flexibility index (Phi) is 2.89. The van der Waals surface area contributed by atoms with E-state index in [1.807, 2.05) is 24.3 Å². The third-order valence-electron chi connectivity index (χ3n) is 1.77. The van der Waals surface area contributed by atoms with Gasteiger partial charge < -0.3 is 0 Å². The van der Waals surface area contributed by atoms with Gasteiger partial charge in [0.15, 0.2) is 0 Å². The van der Waals surface area contributed by atoms with Gasteiger partial charge in [0.1, 0.15) is 0 Å². The van der Waals surface area contributed by atoms with Crippen LogP contribution < -0.4 is 11.3 Å². The van der Waals surface area contributed by atoms with E-state index in [2.05, 4.69) is 15.4 Å². The average Bonchev–Trinajstić information content (AvgIpc) is 2.67. The molecule has 0 saturated carbocycles. The third-order valence-corrected chi connectivity index (χ3v) is 3.64. The number of rotatable bonds is 2. The van der Waals surface area contributed by atoms with E-state index in [1.54, 1.807) is 0 Å². The molecule has 5 heteroatoms. The van der Waals surface area contributed by atoms with Crippen LogP contribution in [0.4, 0.5) is 4.69 Å². The second kappa shape index (κ2) is 4.15. The van der Waals surface area contributed by atoms with Crippen LogP contribution >= 0.6 is 11.6 Å². The zero-order valence-electron chi connectivity index (χ0n) is 7.20. The molecule has 1 aromatic heterocycles. The van der Waals surface area contributed by atoms with Gasteiger partial charge in [0.25, 0.3) is 0 Å². The summed E-state index contributed by atoms with van der Waals surface area (Å²) < 4.78 is 0.849. The van der Waals surface area contributed by atoms with Crippen LogP contribution in [0.2, 0.25) is 5.02 Å². The third kappa shape index (κ3) is 1.99. The first kappa shape index (κ1) is 9.74. The number of nitrogen functional groups attached to an aromatic ring is 1. The van der Waals surface area contributed by atoms with Crippen molar-refractivity contribution < 1.29 is 0 Å². The number of aromatic nitrogens is 1. The second-order valence-corrected chi connectivity index (χ2v) is 4.93. The number of hydrogen-bond donors (Lipinski definition) is 2. The molecule has 0 fully saturated rings.